The van der Waals surface area contributed by atoms with E-state index < -0.39 is 46.0 Å². The lowest BCUT2D eigenvalue weighted by atomic mass is 9.95. The lowest BCUT2D eigenvalue weighted by Crippen LogP contribution is -2.51. The molecule has 0 unspecified atom stereocenters. The Bertz CT molecular complexity index is 1450. The van der Waals surface area contributed by atoms with Crippen molar-refractivity contribution in [1.29, 1.82) is 0 Å². The highest BCUT2D eigenvalue weighted by atomic mass is 19.1. The number of piperidine rings is 1. The van der Waals surface area contributed by atoms with Crippen LogP contribution in [0.5, 0.6) is 0 Å². The first-order valence-electron chi connectivity index (χ1n) is 14.1. The van der Waals surface area contributed by atoms with Crippen molar-refractivity contribution in [1.82, 2.24) is 15.3 Å². The van der Waals surface area contributed by atoms with Gasteiger partial charge in [-0.3, -0.25) is 4.98 Å². The van der Waals surface area contributed by atoms with Gasteiger partial charge in [-0.1, -0.05) is 6.92 Å². The average Bonchev–Trinajstić information content (AvgIpc) is 3.65. The highest BCUT2D eigenvalue weighted by Gasteiger charge is 2.43. The Kier molecular flexibility index (Phi) is 8.06. The van der Waals surface area contributed by atoms with E-state index in [4.69, 9.17) is 4.74 Å². The van der Waals surface area contributed by atoms with Gasteiger partial charge in [-0.25, -0.2) is 22.9 Å². The van der Waals surface area contributed by atoms with Gasteiger partial charge in [-0.05, 0) is 81.8 Å². The fourth-order valence-electron chi connectivity index (χ4n) is 5.34. The van der Waals surface area contributed by atoms with Crippen LogP contribution in [0, 0.1) is 23.4 Å². The average molecular weight is 584 g/mol. The molecule has 224 valence electrons. The number of aliphatic hydroxyl groups is 1. The van der Waals surface area contributed by atoms with Crippen molar-refractivity contribution in [3.8, 4) is 11.3 Å². The van der Waals surface area contributed by atoms with E-state index in [0.29, 0.717) is 30.8 Å². The third-order valence-electron chi connectivity index (χ3n) is 7.42. The zero-order valence-electron chi connectivity index (χ0n) is 24.2. The summed E-state index contributed by atoms with van der Waals surface area (Å²) in [5, 5.41) is 16.5. The molecule has 0 bridgehead atoms. The number of hydrogen-bond donors (Lipinski definition) is 3. The monoisotopic (exact) mass is 583 g/mol. The molecule has 2 aliphatic rings. The van der Waals surface area contributed by atoms with Gasteiger partial charge in [0.15, 0.2) is 0 Å². The van der Waals surface area contributed by atoms with E-state index in [1.165, 1.54) is 6.07 Å². The predicted molar refractivity (Wildman–Crippen MR) is 153 cm³/mol. The minimum atomic E-state index is -1.22. The molecule has 3 aromatic rings. The number of carbonyl (C=O) groups is 1. The number of ether oxygens (including phenoxy) is 1. The molecule has 0 radical (unpaired) electrons. The first-order chi connectivity index (χ1) is 19.8. The largest absolute Gasteiger partial charge is 0.444 e. The molecule has 8 nitrogen and oxygen atoms in total. The van der Waals surface area contributed by atoms with Crippen LogP contribution < -0.4 is 15.5 Å². The molecular formula is C31H36F3N5O3. The number of carbonyl (C=O) groups excluding carboxylic acids is 1. The third kappa shape index (κ3) is 6.78. The Morgan fingerprint density at radius 3 is 2.50 bits per heavy atom. The Hall–Kier alpha value is -3.86. The van der Waals surface area contributed by atoms with Crippen LogP contribution in [0.4, 0.5) is 29.3 Å². The molecule has 2 aromatic heterocycles. The first kappa shape index (κ1) is 29.6. The van der Waals surface area contributed by atoms with Crippen molar-refractivity contribution >= 4 is 17.5 Å². The van der Waals surface area contributed by atoms with Crippen LogP contribution in [0.15, 0.2) is 42.7 Å². The number of halogens is 3. The minimum absolute atomic E-state index is 0.122. The Balaban J connectivity index is 1.32. The molecule has 1 saturated heterocycles. The van der Waals surface area contributed by atoms with Crippen molar-refractivity contribution < 1.29 is 27.8 Å². The smallest absolute Gasteiger partial charge is 0.407 e. The number of benzene rings is 1. The lowest BCUT2D eigenvalue weighted by molar-refractivity contribution is 0.0495. The van der Waals surface area contributed by atoms with Gasteiger partial charge in [-0.15, -0.1) is 0 Å². The summed E-state index contributed by atoms with van der Waals surface area (Å²) in [6, 6.07) is 6.41. The SMILES string of the molecule is C[C@@H]1C[C@H](NC(=O)OC(C)(C)C)CN(c2ccncc2NCc2ccc(F)c(-c3c(F)cc(C4(O)CC4)cc3F)n2)C1. The topological polar surface area (TPSA) is 99.6 Å². The second-order valence-corrected chi connectivity index (χ2v) is 12.3. The number of pyridine rings is 2. The first-order valence-corrected chi connectivity index (χ1v) is 14.1. The Labute approximate surface area is 243 Å². The van der Waals surface area contributed by atoms with Crippen LogP contribution in [-0.4, -0.2) is 45.9 Å². The van der Waals surface area contributed by atoms with Crippen LogP contribution in [0.2, 0.25) is 0 Å². The molecule has 1 amide bonds. The molecule has 0 spiro atoms. The van der Waals surface area contributed by atoms with E-state index in [2.05, 4.69) is 32.4 Å². The van der Waals surface area contributed by atoms with E-state index in [1.807, 2.05) is 26.8 Å². The van der Waals surface area contributed by atoms with Crippen LogP contribution in [0.25, 0.3) is 11.3 Å². The molecular weight excluding hydrogens is 547 g/mol. The van der Waals surface area contributed by atoms with Crippen LogP contribution in [-0.2, 0) is 16.9 Å². The van der Waals surface area contributed by atoms with Gasteiger partial charge in [0.1, 0.15) is 28.7 Å². The number of hydrogen-bond acceptors (Lipinski definition) is 7. The van der Waals surface area contributed by atoms with Crippen molar-refractivity contribution in [2.75, 3.05) is 23.3 Å². The summed E-state index contributed by atoms with van der Waals surface area (Å²) in [5.41, 5.74) is -0.783. The molecule has 2 fully saturated rings. The lowest BCUT2D eigenvalue weighted by Gasteiger charge is -2.39. The molecule has 3 N–H and O–H groups in total. The molecule has 11 heteroatoms. The molecule has 5 rings (SSSR count). The number of nitrogens with one attached hydrogen (secondary N) is 2. The summed E-state index contributed by atoms with van der Waals surface area (Å²) in [4.78, 5) is 23.0. The minimum Gasteiger partial charge on any atom is -0.444 e. The van der Waals surface area contributed by atoms with Gasteiger partial charge in [0, 0.05) is 25.3 Å². The van der Waals surface area contributed by atoms with E-state index in [-0.39, 0.29) is 24.1 Å². The summed E-state index contributed by atoms with van der Waals surface area (Å²) in [6.45, 7) is 9.02. The predicted octanol–water partition coefficient (Wildman–Crippen LogP) is 5.89. The van der Waals surface area contributed by atoms with Crippen LogP contribution in [0.1, 0.15) is 58.2 Å². The summed E-state index contributed by atoms with van der Waals surface area (Å²) in [7, 11) is 0. The maximum Gasteiger partial charge on any atom is 0.407 e. The standard InChI is InChI=1S/C31H36F3N5O3/c1-18-11-21(38-29(40)42-30(2,3)4)17-39(16-18)26-7-10-35-15-25(26)36-14-20-5-6-22(32)28(37-20)27-23(33)12-19(13-24(27)34)31(41)8-9-31/h5-7,10,12-13,15,18,21,36,41H,8-9,11,14,16-17H2,1-4H3,(H,38,40)/t18-,21+/m1/s1. The van der Waals surface area contributed by atoms with Crippen molar-refractivity contribution in [3.05, 3.63) is 71.4 Å². The third-order valence-corrected chi connectivity index (χ3v) is 7.42. The molecule has 1 aliphatic heterocycles. The Morgan fingerprint density at radius 2 is 1.83 bits per heavy atom. The second-order valence-electron chi connectivity index (χ2n) is 12.3. The van der Waals surface area contributed by atoms with Crippen molar-refractivity contribution in [3.63, 3.8) is 0 Å². The van der Waals surface area contributed by atoms with Crippen molar-refractivity contribution in [2.45, 2.75) is 70.7 Å². The quantitative estimate of drug-likeness (QED) is 0.319. The maximum absolute atomic E-state index is 15.0. The number of rotatable bonds is 7. The number of nitrogens with zero attached hydrogens (tertiary/aromatic N) is 3. The van der Waals surface area contributed by atoms with E-state index in [1.54, 1.807) is 12.4 Å². The number of alkyl carbamates (subject to hydrolysis) is 1. The highest BCUT2D eigenvalue weighted by molar-refractivity contribution is 5.71. The van der Waals surface area contributed by atoms with Crippen LogP contribution >= 0.6 is 0 Å². The number of amides is 1. The van der Waals surface area contributed by atoms with Gasteiger partial charge < -0.3 is 25.4 Å². The summed E-state index contributed by atoms with van der Waals surface area (Å²) < 4.78 is 50.2. The zero-order chi connectivity index (χ0) is 30.2. The fraction of sp³-hybridized carbons (Fsp3) is 0.452. The van der Waals surface area contributed by atoms with E-state index in [9.17, 15) is 23.1 Å². The van der Waals surface area contributed by atoms with Crippen LogP contribution in [0.3, 0.4) is 0 Å². The summed E-state index contributed by atoms with van der Waals surface area (Å²) >= 11 is 0. The van der Waals surface area contributed by atoms with Gasteiger partial charge in [-0.2, -0.15) is 0 Å². The van der Waals surface area contributed by atoms with Gasteiger partial charge in [0.25, 0.3) is 0 Å². The van der Waals surface area contributed by atoms with Gasteiger partial charge in [0.05, 0.1) is 41.0 Å². The van der Waals surface area contributed by atoms with Gasteiger partial charge >= 0.3 is 6.09 Å². The van der Waals surface area contributed by atoms with E-state index in [0.717, 1.165) is 36.9 Å². The maximum atomic E-state index is 15.0. The van der Waals surface area contributed by atoms with Crippen molar-refractivity contribution in [2.24, 2.45) is 5.92 Å². The van der Waals surface area contributed by atoms with E-state index >= 15 is 0 Å². The second kappa shape index (κ2) is 11.4. The molecule has 3 heterocycles. The molecule has 1 aliphatic carbocycles. The number of anilines is 2. The highest BCUT2D eigenvalue weighted by Crippen LogP contribution is 2.46. The molecule has 42 heavy (non-hydrogen) atoms. The Morgan fingerprint density at radius 1 is 1.12 bits per heavy atom. The molecule has 1 saturated carbocycles. The molecule has 2 atom stereocenters. The summed E-state index contributed by atoms with van der Waals surface area (Å²) in [6.07, 6.45) is 4.53. The number of aromatic nitrogens is 2. The summed E-state index contributed by atoms with van der Waals surface area (Å²) in [5.74, 6) is -2.53. The fourth-order valence-corrected chi connectivity index (χ4v) is 5.34. The molecule has 1 aromatic carbocycles. The normalized spacial score (nSPS) is 19.8. The van der Waals surface area contributed by atoms with Gasteiger partial charge in [0.2, 0.25) is 0 Å². The zero-order valence-corrected chi connectivity index (χ0v) is 24.2.